The molecule has 0 aliphatic carbocycles. The van der Waals surface area contributed by atoms with E-state index in [4.69, 9.17) is 33.0 Å². The molecule has 1 aliphatic heterocycles. The number of ether oxygens (including phenoxy) is 1. The van der Waals surface area contributed by atoms with Crippen molar-refractivity contribution in [2.24, 2.45) is 5.92 Å². The van der Waals surface area contributed by atoms with Crippen molar-refractivity contribution in [2.45, 2.75) is 13.0 Å². The van der Waals surface area contributed by atoms with Crippen LogP contribution in [0.5, 0.6) is 11.5 Å². The lowest BCUT2D eigenvalue weighted by molar-refractivity contribution is -0.141. The first-order valence-electron chi connectivity index (χ1n) is 7.65. The Morgan fingerprint density at radius 2 is 1.92 bits per heavy atom. The summed E-state index contributed by atoms with van der Waals surface area (Å²) in [7, 11) is 0. The Kier molecular flexibility index (Phi) is 5.16. The van der Waals surface area contributed by atoms with Gasteiger partial charge in [0.15, 0.2) is 0 Å². The number of rotatable bonds is 5. The molecule has 5 nitrogen and oxygen atoms in total. The quantitative estimate of drug-likeness (QED) is 0.844. The maximum Gasteiger partial charge on any atom is 0.308 e. The lowest BCUT2D eigenvalue weighted by Gasteiger charge is -2.16. The number of carbonyl (C=O) groups is 2. The highest BCUT2D eigenvalue weighted by atomic mass is 35.5. The Balaban J connectivity index is 1.64. The second kappa shape index (κ2) is 7.33. The van der Waals surface area contributed by atoms with Gasteiger partial charge in [-0.25, -0.2) is 0 Å². The third kappa shape index (κ3) is 4.24. The molecule has 1 heterocycles. The highest BCUT2D eigenvalue weighted by Gasteiger charge is 2.33. The standard InChI is InChI=1S/C18H15Cl2NO4/c19-13-3-6-16(15(20)8-13)25-14-4-1-11(2-5-14)9-21-10-12(18(23)24)7-17(21)22/h1-6,8,12H,7,9-10H2,(H,23,24). The summed E-state index contributed by atoms with van der Waals surface area (Å²) in [5, 5.41) is 9.96. The SMILES string of the molecule is O=C(O)C1CC(=O)N(Cc2ccc(Oc3ccc(Cl)cc3Cl)cc2)C1. The van der Waals surface area contributed by atoms with Crippen LogP contribution in [-0.2, 0) is 16.1 Å². The van der Waals surface area contributed by atoms with Gasteiger partial charge >= 0.3 is 5.97 Å². The lowest BCUT2D eigenvalue weighted by Crippen LogP contribution is -2.25. The molecule has 2 aromatic carbocycles. The van der Waals surface area contributed by atoms with Gasteiger partial charge in [0.2, 0.25) is 5.91 Å². The van der Waals surface area contributed by atoms with Gasteiger partial charge < -0.3 is 14.7 Å². The Bertz CT molecular complexity index is 807. The minimum Gasteiger partial charge on any atom is -0.481 e. The predicted molar refractivity (Wildman–Crippen MR) is 94.1 cm³/mol. The van der Waals surface area contributed by atoms with Crippen molar-refractivity contribution in [3.8, 4) is 11.5 Å². The molecule has 2 aromatic rings. The monoisotopic (exact) mass is 379 g/mol. The van der Waals surface area contributed by atoms with E-state index in [0.29, 0.717) is 28.1 Å². The van der Waals surface area contributed by atoms with Gasteiger partial charge in [0.05, 0.1) is 10.9 Å². The number of carboxylic acid groups (broad SMARTS) is 1. The third-order valence-electron chi connectivity index (χ3n) is 3.98. The zero-order valence-corrected chi connectivity index (χ0v) is 14.6. The van der Waals surface area contributed by atoms with Crippen LogP contribution in [-0.4, -0.2) is 28.4 Å². The van der Waals surface area contributed by atoms with Gasteiger partial charge in [-0.2, -0.15) is 0 Å². The fourth-order valence-electron chi connectivity index (χ4n) is 2.66. The molecule has 0 bridgehead atoms. The summed E-state index contributed by atoms with van der Waals surface area (Å²) in [6.07, 6.45) is 0.0611. The average Bonchev–Trinajstić information content (AvgIpc) is 2.93. The van der Waals surface area contributed by atoms with E-state index < -0.39 is 11.9 Å². The fraction of sp³-hybridized carbons (Fsp3) is 0.222. The van der Waals surface area contributed by atoms with E-state index in [2.05, 4.69) is 0 Å². The molecule has 130 valence electrons. The van der Waals surface area contributed by atoms with E-state index in [9.17, 15) is 9.59 Å². The second-order valence-electron chi connectivity index (χ2n) is 5.83. The predicted octanol–water partition coefficient (Wildman–Crippen LogP) is 4.22. The van der Waals surface area contributed by atoms with Gasteiger partial charge in [-0.05, 0) is 35.9 Å². The molecule has 0 aromatic heterocycles. The zero-order valence-electron chi connectivity index (χ0n) is 13.1. The molecule has 1 aliphatic rings. The summed E-state index contributed by atoms with van der Waals surface area (Å²) >= 11 is 11.9. The molecular formula is C18H15Cl2NO4. The van der Waals surface area contributed by atoms with Crippen LogP contribution in [0.4, 0.5) is 0 Å². The van der Waals surface area contributed by atoms with Gasteiger partial charge in [-0.1, -0.05) is 35.3 Å². The Morgan fingerprint density at radius 1 is 1.20 bits per heavy atom. The van der Waals surface area contributed by atoms with E-state index >= 15 is 0 Å². The molecule has 3 rings (SSSR count). The van der Waals surface area contributed by atoms with Crippen LogP contribution in [0.2, 0.25) is 10.0 Å². The topological polar surface area (TPSA) is 66.8 Å². The van der Waals surface area contributed by atoms with Crippen LogP contribution in [0.25, 0.3) is 0 Å². The summed E-state index contributed by atoms with van der Waals surface area (Å²) < 4.78 is 5.71. The van der Waals surface area contributed by atoms with Crippen LogP contribution < -0.4 is 4.74 Å². The molecule has 1 amide bonds. The fourth-order valence-corrected chi connectivity index (χ4v) is 3.11. The number of hydrogen-bond acceptors (Lipinski definition) is 3. The molecule has 0 spiro atoms. The lowest BCUT2D eigenvalue weighted by atomic mass is 10.1. The molecule has 1 atom stereocenters. The number of aliphatic carboxylic acids is 1. The number of hydrogen-bond donors (Lipinski definition) is 1. The molecule has 1 fully saturated rings. The number of likely N-dealkylation sites (tertiary alicyclic amines) is 1. The Labute approximate surface area is 154 Å². The van der Waals surface area contributed by atoms with Gasteiger partial charge in [0.1, 0.15) is 11.5 Å². The summed E-state index contributed by atoms with van der Waals surface area (Å²) in [6, 6.07) is 12.2. The van der Waals surface area contributed by atoms with Crippen LogP contribution in [0, 0.1) is 5.92 Å². The Morgan fingerprint density at radius 3 is 2.52 bits per heavy atom. The highest BCUT2D eigenvalue weighted by molar-refractivity contribution is 6.35. The van der Waals surface area contributed by atoms with Crippen molar-refractivity contribution in [1.29, 1.82) is 0 Å². The highest BCUT2D eigenvalue weighted by Crippen LogP contribution is 2.31. The molecule has 1 saturated heterocycles. The number of benzene rings is 2. The smallest absolute Gasteiger partial charge is 0.308 e. The van der Waals surface area contributed by atoms with Crippen molar-refractivity contribution in [2.75, 3.05) is 6.54 Å². The van der Waals surface area contributed by atoms with Crippen molar-refractivity contribution >= 4 is 35.1 Å². The maximum absolute atomic E-state index is 11.9. The summed E-state index contributed by atoms with van der Waals surface area (Å²) in [5.41, 5.74) is 0.897. The van der Waals surface area contributed by atoms with Crippen LogP contribution in [0.3, 0.4) is 0 Å². The summed E-state index contributed by atoms with van der Waals surface area (Å²) in [6.45, 7) is 0.622. The van der Waals surface area contributed by atoms with Gasteiger partial charge in [0, 0.05) is 24.5 Å². The summed E-state index contributed by atoms with van der Waals surface area (Å²) in [4.78, 5) is 24.4. The number of halogens is 2. The van der Waals surface area contributed by atoms with Gasteiger partial charge in [-0.3, -0.25) is 9.59 Å². The average molecular weight is 380 g/mol. The molecular weight excluding hydrogens is 365 g/mol. The normalized spacial score (nSPS) is 17.0. The van der Waals surface area contributed by atoms with Gasteiger partial charge in [-0.15, -0.1) is 0 Å². The first-order valence-corrected chi connectivity index (χ1v) is 8.40. The first-order chi connectivity index (χ1) is 11.9. The molecule has 0 saturated carbocycles. The molecule has 1 unspecified atom stereocenters. The van der Waals surface area contributed by atoms with E-state index in [1.165, 1.54) is 0 Å². The molecule has 7 heteroatoms. The molecule has 0 radical (unpaired) electrons. The van der Waals surface area contributed by atoms with Crippen molar-refractivity contribution in [3.05, 3.63) is 58.1 Å². The Hall–Kier alpha value is -2.24. The van der Waals surface area contributed by atoms with Crippen LogP contribution >= 0.6 is 23.2 Å². The van der Waals surface area contributed by atoms with E-state index in [1.54, 1.807) is 35.2 Å². The van der Waals surface area contributed by atoms with Crippen LogP contribution in [0.1, 0.15) is 12.0 Å². The molecule has 25 heavy (non-hydrogen) atoms. The van der Waals surface area contributed by atoms with Crippen molar-refractivity contribution in [1.82, 2.24) is 4.90 Å². The maximum atomic E-state index is 11.9. The second-order valence-corrected chi connectivity index (χ2v) is 6.68. The van der Waals surface area contributed by atoms with E-state index in [-0.39, 0.29) is 18.9 Å². The van der Waals surface area contributed by atoms with E-state index in [0.717, 1.165) is 5.56 Å². The zero-order chi connectivity index (χ0) is 18.0. The summed E-state index contributed by atoms with van der Waals surface area (Å²) in [5.74, 6) is -0.593. The van der Waals surface area contributed by atoms with Crippen molar-refractivity contribution in [3.63, 3.8) is 0 Å². The molecule has 1 N–H and O–H groups in total. The first kappa shape index (κ1) is 17.6. The number of amides is 1. The largest absolute Gasteiger partial charge is 0.481 e. The number of carboxylic acids is 1. The van der Waals surface area contributed by atoms with Crippen LogP contribution in [0.15, 0.2) is 42.5 Å². The number of carbonyl (C=O) groups excluding carboxylic acids is 1. The number of nitrogens with zero attached hydrogens (tertiary/aromatic N) is 1. The third-order valence-corrected chi connectivity index (χ3v) is 4.51. The minimum atomic E-state index is -0.931. The van der Waals surface area contributed by atoms with Crippen molar-refractivity contribution < 1.29 is 19.4 Å². The van der Waals surface area contributed by atoms with Gasteiger partial charge in [0.25, 0.3) is 0 Å². The minimum absolute atomic E-state index is 0.0611. The van der Waals surface area contributed by atoms with E-state index in [1.807, 2.05) is 12.1 Å².